The van der Waals surface area contributed by atoms with E-state index in [-0.39, 0.29) is 24.5 Å². The third kappa shape index (κ3) is 5.33. The third-order valence-electron chi connectivity index (χ3n) is 3.59. The van der Waals surface area contributed by atoms with E-state index < -0.39 is 0 Å². The van der Waals surface area contributed by atoms with Crippen molar-refractivity contribution in [2.75, 3.05) is 6.54 Å². The topological polar surface area (TPSA) is 52.3 Å². The molecule has 3 nitrogen and oxygen atoms in total. The van der Waals surface area contributed by atoms with Crippen molar-refractivity contribution >= 4 is 5.97 Å². The molecule has 112 valence electrons. The average molecular weight is 277 g/mol. The van der Waals surface area contributed by atoms with Crippen LogP contribution < -0.4 is 5.73 Å². The maximum Gasteiger partial charge on any atom is 0.314 e. The Morgan fingerprint density at radius 1 is 1.20 bits per heavy atom. The van der Waals surface area contributed by atoms with Crippen molar-refractivity contribution in [3.05, 3.63) is 35.9 Å². The summed E-state index contributed by atoms with van der Waals surface area (Å²) in [7, 11) is 0. The van der Waals surface area contributed by atoms with E-state index in [1.807, 2.05) is 30.3 Å². The van der Waals surface area contributed by atoms with Gasteiger partial charge < -0.3 is 10.5 Å². The number of esters is 1. The Morgan fingerprint density at radius 2 is 1.90 bits per heavy atom. The Kier molecular flexibility index (Phi) is 7.97. The summed E-state index contributed by atoms with van der Waals surface area (Å²) in [5.41, 5.74) is 6.68. The normalized spacial score (nSPS) is 13.8. The summed E-state index contributed by atoms with van der Waals surface area (Å²) in [6.45, 7) is 4.52. The first-order valence-electron chi connectivity index (χ1n) is 7.68. The lowest BCUT2D eigenvalue weighted by Gasteiger charge is -2.20. The minimum atomic E-state index is -0.351. The third-order valence-corrected chi connectivity index (χ3v) is 3.59. The molecule has 0 aliphatic carbocycles. The Bertz CT molecular complexity index is 378. The minimum absolute atomic E-state index is 0.0202. The molecule has 0 bridgehead atoms. The van der Waals surface area contributed by atoms with Crippen LogP contribution in [0.25, 0.3) is 0 Å². The van der Waals surface area contributed by atoms with Crippen LogP contribution in [0.3, 0.4) is 0 Å². The molecule has 0 aliphatic rings. The molecule has 0 saturated heterocycles. The van der Waals surface area contributed by atoms with Crippen LogP contribution in [-0.4, -0.2) is 18.6 Å². The molecule has 0 aliphatic heterocycles. The summed E-state index contributed by atoms with van der Waals surface area (Å²) in [6, 6.07) is 9.63. The fourth-order valence-corrected chi connectivity index (χ4v) is 2.27. The molecule has 2 unspecified atom stereocenters. The zero-order valence-corrected chi connectivity index (χ0v) is 12.7. The molecule has 2 atom stereocenters. The van der Waals surface area contributed by atoms with Crippen LogP contribution >= 0.6 is 0 Å². The molecule has 3 heteroatoms. The van der Waals surface area contributed by atoms with Crippen LogP contribution in [0.4, 0.5) is 0 Å². The van der Waals surface area contributed by atoms with E-state index in [2.05, 4.69) is 13.8 Å². The van der Waals surface area contributed by atoms with Crippen molar-refractivity contribution in [2.24, 2.45) is 5.73 Å². The second-order valence-electron chi connectivity index (χ2n) is 5.16. The molecule has 1 rings (SSSR count). The summed E-state index contributed by atoms with van der Waals surface area (Å²) in [5, 5.41) is 0. The lowest BCUT2D eigenvalue weighted by Crippen LogP contribution is -2.27. The number of hydrogen-bond acceptors (Lipinski definition) is 3. The van der Waals surface area contributed by atoms with E-state index in [0.29, 0.717) is 0 Å². The van der Waals surface area contributed by atoms with Crippen LogP contribution in [0.5, 0.6) is 0 Å². The fraction of sp³-hybridized carbons (Fsp3) is 0.588. The zero-order valence-electron chi connectivity index (χ0n) is 12.7. The summed E-state index contributed by atoms with van der Waals surface area (Å²) < 4.78 is 5.63. The van der Waals surface area contributed by atoms with Crippen molar-refractivity contribution in [1.82, 2.24) is 0 Å². The maximum atomic E-state index is 12.3. The van der Waals surface area contributed by atoms with Crippen LogP contribution in [0.1, 0.15) is 57.4 Å². The standard InChI is InChI=1S/C17H27NO2/c1-3-5-7-12-15(4-2)20-17(19)16(13-18)14-10-8-6-9-11-14/h6,8-11,15-16H,3-5,7,12-13,18H2,1-2H3. The van der Waals surface area contributed by atoms with Gasteiger partial charge in [0.2, 0.25) is 0 Å². The van der Waals surface area contributed by atoms with Gasteiger partial charge >= 0.3 is 5.97 Å². The average Bonchev–Trinajstić information content (AvgIpc) is 2.48. The molecule has 0 amide bonds. The SMILES string of the molecule is CCCCCC(CC)OC(=O)C(CN)c1ccccc1. The van der Waals surface area contributed by atoms with Gasteiger partial charge in [0.15, 0.2) is 0 Å². The number of ether oxygens (including phenoxy) is 1. The van der Waals surface area contributed by atoms with Crippen molar-refractivity contribution in [3.63, 3.8) is 0 Å². The van der Waals surface area contributed by atoms with Gasteiger partial charge in [0.25, 0.3) is 0 Å². The Balaban J connectivity index is 2.57. The quantitative estimate of drug-likeness (QED) is 0.554. The Hall–Kier alpha value is -1.35. The number of unbranched alkanes of at least 4 members (excludes halogenated alkanes) is 2. The molecule has 0 saturated carbocycles. The molecular weight excluding hydrogens is 250 g/mol. The van der Waals surface area contributed by atoms with Crippen molar-refractivity contribution in [3.8, 4) is 0 Å². The molecule has 0 radical (unpaired) electrons. The smallest absolute Gasteiger partial charge is 0.314 e. The van der Waals surface area contributed by atoms with Gasteiger partial charge in [-0.2, -0.15) is 0 Å². The predicted molar refractivity (Wildman–Crippen MR) is 82.6 cm³/mol. The Labute approximate surface area is 122 Å². The van der Waals surface area contributed by atoms with Gasteiger partial charge in [-0.05, 0) is 24.8 Å². The number of rotatable bonds is 9. The van der Waals surface area contributed by atoms with E-state index >= 15 is 0 Å². The zero-order chi connectivity index (χ0) is 14.8. The van der Waals surface area contributed by atoms with Crippen LogP contribution in [0.2, 0.25) is 0 Å². The van der Waals surface area contributed by atoms with Crippen molar-refractivity contribution in [1.29, 1.82) is 0 Å². The van der Waals surface area contributed by atoms with Crippen molar-refractivity contribution in [2.45, 2.75) is 58.0 Å². The van der Waals surface area contributed by atoms with Gasteiger partial charge in [0.05, 0.1) is 5.92 Å². The van der Waals surface area contributed by atoms with Crippen molar-refractivity contribution < 1.29 is 9.53 Å². The number of carbonyl (C=O) groups excluding carboxylic acids is 1. The number of benzene rings is 1. The monoisotopic (exact) mass is 277 g/mol. The summed E-state index contributed by atoms with van der Waals surface area (Å²) in [4.78, 5) is 12.3. The van der Waals surface area contributed by atoms with Crippen LogP contribution in [0, 0.1) is 0 Å². The van der Waals surface area contributed by atoms with Gasteiger partial charge in [-0.1, -0.05) is 57.0 Å². The first-order chi connectivity index (χ1) is 9.72. The van der Waals surface area contributed by atoms with E-state index in [1.54, 1.807) is 0 Å². The van der Waals surface area contributed by atoms with Gasteiger partial charge in [0, 0.05) is 6.54 Å². The largest absolute Gasteiger partial charge is 0.462 e. The highest BCUT2D eigenvalue weighted by molar-refractivity contribution is 5.78. The number of carbonyl (C=O) groups is 1. The van der Waals surface area contributed by atoms with Gasteiger partial charge in [0.1, 0.15) is 6.10 Å². The van der Waals surface area contributed by atoms with Gasteiger partial charge in [-0.3, -0.25) is 4.79 Å². The number of hydrogen-bond donors (Lipinski definition) is 1. The van der Waals surface area contributed by atoms with Gasteiger partial charge in [-0.25, -0.2) is 0 Å². The first-order valence-corrected chi connectivity index (χ1v) is 7.68. The maximum absolute atomic E-state index is 12.3. The molecule has 1 aromatic rings. The summed E-state index contributed by atoms with van der Waals surface area (Å²) in [5.74, 6) is -0.543. The molecule has 1 aromatic carbocycles. The Morgan fingerprint density at radius 3 is 2.45 bits per heavy atom. The van der Waals surface area contributed by atoms with E-state index in [4.69, 9.17) is 10.5 Å². The highest BCUT2D eigenvalue weighted by atomic mass is 16.5. The van der Waals surface area contributed by atoms with Crippen LogP contribution in [-0.2, 0) is 9.53 Å². The lowest BCUT2D eigenvalue weighted by molar-refractivity contribution is -0.151. The minimum Gasteiger partial charge on any atom is -0.462 e. The second-order valence-corrected chi connectivity index (χ2v) is 5.16. The summed E-state index contributed by atoms with van der Waals surface area (Å²) in [6.07, 6.45) is 5.31. The fourth-order valence-electron chi connectivity index (χ4n) is 2.27. The number of nitrogens with two attached hydrogens (primary N) is 1. The molecule has 0 spiro atoms. The van der Waals surface area contributed by atoms with Gasteiger partial charge in [-0.15, -0.1) is 0 Å². The molecule has 0 heterocycles. The lowest BCUT2D eigenvalue weighted by atomic mass is 9.99. The van der Waals surface area contributed by atoms with E-state index in [0.717, 1.165) is 24.8 Å². The van der Waals surface area contributed by atoms with Crippen LogP contribution in [0.15, 0.2) is 30.3 Å². The predicted octanol–water partition coefficient (Wildman–Crippen LogP) is 3.63. The second kappa shape index (κ2) is 9.54. The molecular formula is C17H27NO2. The first kappa shape index (κ1) is 16.7. The molecule has 0 fully saturated rings. The highest BCUT2D eigenvalue weighted by Gasteiger charge is 2.23. The summed E-state index contributed by atoms with van der Waals surface area (Å²) >= 11 is 0. The van der Waals surface area contributed by atoms with E-state index in [9.17, 15) is 4.79 Å². The van der Waals surface area contributed by atoms with E-state index in [1.165, 1.54) is 12.8 Å². The molecule has 2 N–H and O–H groups in total. The molecule has 20 heavy (non-hydrogen) atoms. The highest BCUT2D eigenvalue weighted by Crippen LogP contribution is 2.19. The molecule has 0 aromatic heterocycles.